The van der Waals surface area contributed by atoms with E-state index in [0.29, 0.717) is 23.0 Å². The van der Waals surface area contributed by atoms with Gasteiger partial charge in [0, 0.05) is 5.41 Å². The Balaban J connectivity index is 2.71. The molecule has 2 aromatic carbocycles. The summed E-state index contributed by atoms with van der Waals surface area (Å²) in [5.41, 5.74) is 1.23. The summed E-state index contributed by atoms with van der Waals surface area (Å²) >= 11 is 0. The minimum absolute atomic E-state index is 0.00689. The van der Waals surface area contributed by atoms with Crippen LogP contribution in [-0.4, -0.2) is 34.6 Å². The van der Waals surface area contributed by atoms with Crippen LogP contribution in [0.3, 0.4) is 0 Å². The number of ether oxygens (including phenoxy) is 4. The van der Waals surface area contributed by atoms with E-state index in [1.54, 1.807) is 0 Å². The van der Waals surface area contributed by atoms with Crippen molar-refractivity contribution >= 4 is 0 Å². The second-order valence-corrected chi connectivity index (χ2v) is 10.6. The fraction of sp³-hybridized carbons (Fsp3) is 0.613. The Morgan fingerprint density at radius 2 is 0.757 bits per heavy atom. The second kappa shape index (κ2) is 13.2. The van der Waals surface area contributed by atoms with Gasteiger partial charge in [0.05, 0.1) is 24.4 Å². The van der Waals surface area contributed by atoms with Crippen molar-refractivity contribution in [1.29, 1.82) is 0 Å². The van der Waals surface area contributed by atoms with Gasteiger partial charge in [-0.1, -0.05) is 41.5 Å². The van der Waals surface area contributed by atoms with Crippen molar-refractivity contribution in [3.05, 3.63) is 35.4 Å². The van der Waals surface area contributed by atoms with Gasteiger partial charge in [0.1, 0.15) is 0 Å². The molecule has 0 aliphatic rings. The molecule has 37 heavy (non-hydrogen) atoms. The van der Waals surface area contributed by atoms with E-state index in [4.69, 9.17) is 18.9 Å². The van der Waals surface area contributed by atoms with E-state index >= 15 is 0 Å². The Bertz CT molecular complexity index is 869. The summed E-state index contributed by atoms with van der Waals surface area (Å²) in [6.45, 7) is 20.2. The Hall–Kier alpha value is -2.76. The number of hydrogen-bond donors (Lipinski definition) is 2. The Morgan fingerprint density at radius 1 is 0.541 bits per heavy atom. The first-order valence-corrected chi connectivity index (χ1v) is 13.8. The van der Waals surface area contributed by atoms with Gasteiger partial charge in [-0.2, -0.15) is 0 Å². The molecule has 0 aliphatic heterocycles. The standard InChI is InChI=1S/C31H48O6/c1-11-19(5)34-25-15-23(16-26(29(25)32)35-20(6)12-2)31(9,10)24-17-27(36-21(7)13-3)30(33)28(18-24)37-22(8)14-4/h15-22,32-33H,11-14H2,1-10H3. The highest BCUT2D eigenvalue weighted by Gasteiger charge is 2.30. The third-order valence-corrected chi connectivity index (χ3v) is 7.14. The van der Waals surface area contributed by atoms with E-state index in [2.05, 4.69) is 13.8 Å². The van der Waals surface area contributed by atoms with Crippen molar-refractivity contribution in [3.8, 4) is 34.5 Å². The SMILES string of the molecule is CCC(C)Oc1cc(C(C)(C)c2cc(OC(C)CC)c(O)c(OC(C)CC)c2)cc(OC(C)CC)c1O. The van der Waals surface area contributed by atoms with Crippen LogP contribution >= 0.6 is 0 Å². The number of benzene rings is 2. The van der Waals surface area contributed by atoms with E-state index in [9.17, 15) is 10.2 Å². The monoisotopic (exact) mass is 516 g/mol. The second-order valence-electron chi connectivity index (χ2n) is 10.6. The molecule has 0 amide bonds. The Labute approximate surface area is 223 Å². The van der Waals surface area contributed by atoms with Gasteiger partial charge in [0.2, 0.25) is 11.5 Å². The fourth-order valence-corrected chi connectivity index (χ4v) is 3.61. The van der Waals surface area contributed by atoms with E-state index in [0.717, 1.165) is 36.8 Å². The summed E-state index contributed by atoms with van der Waals surface area (Å²) in [4.78, 5) is 0. The van der Waals surface area contributed by atoms with Crippen LogP contribution < -0.4 is 18.9 Å². The number of phenolic OH excluding ortho intramolecular Hbond substituents is 2. The molecule has 0 aliphatic carbocycles. The highest BCUT2D eigenvalue weighted by atomic mass is 16.5. The molecule has 2 aromatic rings. The number of rotatable bonds is 14. The van der Waals surface area contributed by atoms with Gasteiger partial charge >= 0.3 is 0 Å². The molecule has 0 saturated heterocycles. The van der Waals surface area contributed by atoms with Crippen LogP contribution in [0.5, 0.6) is 34.5 Å². The van der Waals surface area contributed by atoms with Crippen LogP contribution in [-0.2, 0) is 5.41 Å². The van der Waals surface area contributed by atoms with Crippen molar-refractivity contribution in [2.75, 3.05) is 0 Å². The van der Waals surface area contributed by atoms with E-state index < -0.39 is 5.41 Å². The van der Waals surface area contributed by atoms with Crippen molar-refractivity contribution in [1.82, 2.24) is 0 Å². The van der Waals surface area contributed by atoms with Crippen LogP contribution in [0.2, 0.25) is 0 Å². The average molecular weight is 517 g/mol. The zero-order valence-electron chi connectivity index (χ0n) is 24.5. The van der Waals surface area contributed by atoms with Crippen molar-refractivity contribution in [2.45, 2.75) is 125 Å². The first-order chi connectivity index (χ1) is 17.4. The summed E-state index contributed by atoms with van der Waals surface area (Å²) in [7, 11) is 0. The maximum Gasteiger partial charge on any atom is 0.200 e. The molecule has 0 aromatic heterocycles. The normalized spacial score (nSPS) is 15.0. The van der Waals surface area contributed by atoms with Crippen molar-refractivity contribution in [2.24, 2.45) is 0 Å². The highest BCUT2D eigenvalue weighted by molar-refractivity contribution is 5.59. The van der Waals surface area contributed by atoms with Crippen LogP contribution in [0.15, 0.2) is 24.3 Å². The average Bonchev–Trinajstić information content (AvgIpc) is 2.87. The van der Waals surface area contributed by atoms with Crippen LogP contribution in [0.1, 0.15) is 106 Å². The molecule has 4 atom stereocenters. The van der Waals surface area contributed by atoms with Gasteiger partial charge in [0.15, 0.2) is 23.0 Å². The largest absolute Gasteiger partial charge is 0.502 e. The molecule has 6 nitrogen and oxygen atoms in total. The summed E-state index contributed by atoms with van der Waals surface area (Å²) in [6, 6.07) is 7.51. The van der Waals surface area contributed by atoms with E-state index in [1.807, 2.05) is 79.7 Å². The smallest absolute Gasteiger partial charge is 0.200 e. The zero-order valence-corrected chi connectivity index (χ0v) is 24.5. The van der Waals surface area contributed by atoms with Crippen molar-refractivity contribution < 1.29 is 29.2 Å². The molecule has 0 spiro atoms. The highest BCUT2D eigenvalue weighted by Crippen LogP contribution is 2.47. The fourth-order valence-electron chi connectivity index (χ4n) is 3.61. The summed E-state index contributed by atoms with van der Waals surface area (Å²) in [6.07, 6.45) is 2.94. The van der Waals surface area contributed by atoms with Crippen LogP contribution in [0.25, 0.3) is 0 Å². The maximum atomic E-state index is 11.0. The molecule has 2 N–H and O–H groups in total. The molecule has 0 saturated carbocycles. The number of phenols is 2. The van der Waals surface area contributed by atoms with Crippen LogP contribution in [0, 0.1) is 0 Å². The first kappa shape index (κ1) is 30.5. The van der Waals surface area contributed by atoms with Gasteiger partial charge in [-0.15, -0.1) is 0 Å². The van der Waals surface area contributed by atoms with E-state index in [1.165, 1.54) is 0 Å². The Morgan fingerprint density at radius 3 is 0.946 bits per heavy atom. The van der Waals surface area contributed by atoms with Gasteiger partial charge in [-0.25, -0.2) is 0 Å². The first-order valence-electron chi connectivity index (χ1n) is 13.8. The van der Waals surface area contributed by atoms with Crippen LogP contribution in [0.4, 0.5) is 0 Å². The predicted molar refractivity (Wildman–Crippen MR) is 150 cm³/mol. The minimum atomic E-state index is -0.566. The third-order valence-electron chi connectivity index (χ3n) is 7.14. The summed E-state index contributed by atoms with van der Waals surface area (Å²) in [5.74, 6) is 1.58. The Kier molecular flexibility index (Phi) is 10.8. The van der Waals surface area contributed by atoms with Gasteiger partial charge in [-0.05, 0) is 88.8 Å². The lowest BCUT2D eigenvalue weighted by Crippen LogP contribution is -2.21. The summed E-state index contributed by atoms with van der Waals surface area (Å²) < 4.78 is 24.4. The molecule has 2 rings (SSSR count). The molecule has 0 fully saturated rings. The third kappa shape index (κ3) is 7.62. The lowest BCUT2D eigenvalue weighted by Gasteiger charge is -2.30. The molecule has 4 unspecified atom stereocenters. The molecule has 0 radical (unpaired) electrons. The van der Waals surface area contributed by atoms with E-state index in [-0.39, 0.29) is 35.9 Å². The lowest BCUT2D eigenvalue weighted by molar-refractivity contribution is 0.189. The minimum Gasteiger partial charge on any atom is -0.502 e. The molecular formula is C31H48O6. The quantitative estimate of drug-likeness (QED) is 0.264. The predicted octanol–water partition coefficient (Wildman–Crippen LogP) is 8.13. The lowest BCUT2D eigenvalue weighted by atomic mass is 9.77. The summed E-state index contributed by atoms with van der Waals surface area (Å²) in [5, 5.41) is 22.0. The molecule has 0 heterocycles. The van der Waals surface area contributed by atoms with Gasteiger partial charge in [0.25, 0.3) is 0 Å². The molecule has 6 heteroatoms. The van der Waals surface area contributed by atoms with Gasteiger partial charge < -0.3 is 29.2 Å². The van der Waals surface area contributed by atoms with Gasteiger partial charge in [-0.3, -0.25) is 0 Å². The number of aromatic hydroxyl groups is 2. The molecule has 208 valence electrons. The van der Waals surface area contributed by atoms with Crippen molar-refractivity contribution in [3.63, 3.8) is 0 Å². The topological polar surface area (TPSA) is 77.4 Å². The molecular weight excluding hydrogens is 468 g/mol. The molecule has 0 bridgehead atoms. The maximum absolute atomic E-state index is 11.0. The zero-order chi connectivity index (χ0) is 27.9. The number of hydrogen-bond acceptors (Lipinski definition) is 6.